The number of hydrogen-bond donors (Lipinski definition) is 0. The van der Waals surface area contributed by atoms with Gasteiger partial charge in [0.05, 0.1) is 6.20 Å². The Morgan fingerprint density at radius 1 is 1.29 bits per heavy atom. The first kappa shape index (κ1) is 9.98. The van der Waals surface area contributed by atoms with Crippen molar-refractivity contribution in [3.8, 4) is 0 Å². The fraction of sp³-hybridized carbons (Fsp3) is 0.444. The highest BCUT2D eigenvalue weighted by molar-refractivity contribution is 9.11. The van der Waals surface area contributed by atoms with Crippen LogP contribution < -0.4 is 0 Å². The van der Waals surface area contributed by atoms with Crippen molar-refractivity contribution in [2.24, 2.45) is 0 Å². The molecule has 3 nitrogen and oxygen atoms in total. The number of fused-ring (bicyclic) bond motifs is 1. The summed E-state index contributed by atoms with van der Waals surface area (Å²) in [4.78, 5) is 14.0. The highest BCUT2D eigenvalue weighted by Gasteiger charge is 2.18. The van der Waals surface area contributed by atoms with Gasteiger partial charge in [0.15, 0.2) is 3.92 Å². The van der Waals surface area contributed by atoms with E-state index >= 15 is 0 Å². The molecule has 5 heteroatoms. The van der Waals surface area contributed by atoms with Crippen LogP contribution in [0.1, 0.15) is 26.6 Å². The molecule has 0 aliphatic carbocycles. The second kappa shape index (κ2) is 3.24. The van der Waals surface area contributed by atoms with Gasteiger partial charge in [0.2, 0.25) is 0 Å². The first-order valence-electron chi connectivity index (χ1n) is 4.26. The topological polar surface area (TPSA) is 38.7 Å². The van der Waals surface area contributed by atoms with Gasteiger partial charge in [-0.3, -0.25) is 0 Å². The maximum atomic E-state index is 4.48. The highest BCUT2D eigenvalue weighted by atomic mass is 79.9. The van der Waals surface area contributed by atoms with Crippen LogP contribution in [0.5, 0.6) is 0 Å². The van der Waals surface area contributed by atoms with Crippen LogP contribution in [0.2, 0.25) is 0 Å². The highest BCUT2D eigenvalue weighted by Crippen LogP contribution is 2.26. The van der Waals surface area contributed by atoms with Crippen molar-refractivity contribution in [2.45, 2.75) is 26.2 Å². The van der Waals surface area contributed by atoms with Crippen LogP contribution in [0.4, 0.5) is 0 Å². The van der Waals surface area contributed by atoms with E-state index in [0.29, 0.717) is 0 Å². The summed E-state index contributed by atoms with van der Waals surface area (Å²) in [6.07, 6.45) is 1.78. The lowest BCUT2D eigenvalue weighted by Crippen LogP contribution is -2.15. The molecule has 0 aromatic carbocycles. The molecule has 74 valence electrons. The van der Waals surface area contributed by atoms with Crippen molar-refractivity contribution in [1.82, 2.24) is 15.0 Å². The van der Waals surface area contributed by atoms with E-state index in [2.05, 4.69) is 51.7 Å². The predicted molar refractivity (Wildman–Crippen MR) is 61.6 cm³/mol. The molecule has 0 atom stereocenters. The molecule has 0 bridgehead atoms. The zero-order chi connectivity index (χ0) is 10.3. The van der Waals surface area contributed by atoms with Gasteiger partial charge in [0.1, 0.15) is 16.2 Å². The number of halogens is 1. The van der Waals surface area contributed by atoms with Crippen molar-refractivity contribution in [3.63, 3.8) is 0 Å². The first-order chi connectivity index (χ1) is 6.47. The quantitative estimate of drug-likeness (QED) is 0.739. The molecule has 0 fully saturated rings. The van der Waals surface area contributed by atoms with Gasteiger partial charge in [-0.15, -0.1) is 0 Å². The van der Waals surface area contributed by atoms with Gasteiger partial charge in [-0.2, -0.15) is 0 Å². The van der Waals surface area contributed by atoms with Crippen molar-refractivity contribution < 1.29 is 0 Å². The number of rotatable bonds is 0. The number of hydrogen-bond acceptors (Lipinski definition) is 4. The van der Waals surface area contributed by atoms with Gasteiger partial charge >= 0.3 is 0 Å². The molecular weight excluding hydrogens is 262 g/mol. The van der Waals surface area contributed by atoms with E-state index in [9.17, 15) is 0 Å². The SMILES string of the molecule is CC(C)(C)c1ncc2nc(Br)sc2n1. The maximum absolute atomic E-state index is 4.48. The molecule has 14 heavy (non-hydrogen) atoms. The second-order valence-corrected chi connectivity index (χ2v) is 6.35. The van der Waals surface area contributed by atoms with Crippen molar-refractivity contribution >= 4 is 37.6 Å². The molecule has 0 saturated carbocycles. The zero-order valence-corrected chi connectivity index (χ0v) is 10.6. The lowest BCUT2D eigenvalue weighted by Gasteiger charge is -2.15. The summed E-state index contributed by atoms with van der Waals surface area (Å²) in [5.41, 5.74) is 0.847. The van der Waals surface area contributed by atoms with Gasteiger partial charge in [0, 0.05) is 5.41 Å². The Bertz CT molecular complexity index is 472. The van der Waals surface area contributed by atoms with Gasteiger partial charge < -0.3 is 0 Å². The Labute approximate surface area is 94.7 Å². The maximum Gasteiger partial charge on any atom is 0.161 e. The number of aromatic nitrogens is 3. The Kier molecular flexibility index (Phi) is 2.31. The lowest BCUT2D eigenvalue weighted by atomic mass is 9.96. The summed E-state index contributed by atoms with van der Waals surface area (Å²) in [6.45, 7) is 6.30. The lowest BCUT2D eigenvalue weighted by molar-refractivity contribution is 0.548. The molecule has 0 N–H and O–H groups in total. The van der Waals surface area contributed by atoms with E-state index in [4.69, 9.17) is 0 Å². The van der Waals surface area contributed by atoms with Crippen LogP contribution in [0.3, 0.4) is 0 Å². The third kappa shape index (κ3) is 1.79. The largest absolute Gasteiger partial charge is 0.238 e. The monoisotopic (exact) mass is 271 g/mol. The summed E-state index contributed by atoms with van der Waals surface area (Å²) < 4.78 is 0.854. The van der Waals surface area contributed by atoms with Crippen molar-refractivity contribution in [3.05, 3.63) is 15.9 Å². The molecule has 0 saturated heterocycles. The Balaban J connectivity index is 2.62. The summed E-state index contributed by atoms with van der Waals surface area (Å²) in [6, 6.07) is 0. The molecular formula is C9H10BrN3S. The van der Waals surface area contributed by atoms with E-state index in [1.165, 1.54) is 11.3 Å². The zero-order valence-electron chi connectivity index (χ0n) is 8.21. The Morgan fingerprint density at radius 3 is 2.64 bits per heavy atom. The molecule has 2 aromatic rings. The smallest absolute Gasteiger partial charge is 0.161 e. The van der Waals surface area contributed by atoms with Crippen molar-refractivity contribution in [1.29, 1.82) is 0 Å². The molecule has 0 aliphatic rings. The summed E-state index contributed by atoms with van der Waals surface area (Å²) in [5, 5.41) is 0. The van der Waals surface area contributed by atoms with E-state index in [0.717, 1.165) is 20.1 Å². The molecule has 0 spiro atoms. The van der Waals surface area contributed by atoms with Gasteiger partial charge in [-0.25, -0.2) is 15.0 Å². The van der Waals surface area contributed by atoms with Crippen LogP contribution in [0, 0.1) is 0 Å². The average molecular weight is 272 g/mol. The number of nitrogens with zero attached hydrogens (tertiary/aromatic N) is 3. The predicted octanol–water partition coefficient (Wildman–Crippen LogP) is 3.15. The van der Waals surface area contributed by atoms with Crippen molar-refractivity contribution in [2.75, 3.05) is 0 Å². The van der Waals surface area contributed by atoms with E-state index in [1.54, 1.807) is 6.20 Å². The first-order valence-corrected chi connectivity index (χ1v) is 5.87. The Morgan fingerprint density at radius 2 is 2.00 bits per heavy atom. The molecule has 0 aliphatic heterocycles. The van der Waals surface area contributed by atoms with Crippen LogP contribution in [0.25, 0.3) is 10.3 Å². The second-order valence-electron chi connectivity index (χ2n) is 4.10. The van der Waals surface area contributed by atoms with Gasteiger partial charge in [-0.05, 0) is 15.9 Å². The van der Waals surface area contributed by atoms with E-state index in [-0.39, 0.29) is 5.41 Å². The molecule has 0 unspecified atom stereocenters. The fourth-order valence-corrected chi connectivity index (χ4v) is 2.36. The minimum absolute atomic E-state index is 0.00927. The van der Waals surface area contributed by atoms with Crippen LogP contribution in [-0.4, -0.2) is 15.0 Å². The van der Waals surface area contributed by atoms with Crippen LogP contribution >= 0.6 is 27.3 Å². The van der Waals surface area contributed by atoms with Crippen LogP contribution in [0.15, 0.2) is 10.1 Å². The third-order valence-corrected chi connectivity index (χ3v) is 3.21. The summed E-state index contributed by atoms with van der Waals surface area (Å²) >= 11 is 4.88. The van der Waals surface area contributed by atoms with Gasteiger partial charge in [0.25, 0.3) is 0 Å². The van der Waals surface area contributed by atoms with Gasteiger partial charge in [-0.1, -0.05) is 32.1 Å². The van der Waals surface area contributed by atoms with E-state index in [1.807, 2.05) is 0 Å². The van der Waals surface area contributed by atoms with E-state index < -0.39 is 0 Å². The average Bonchev–Trinajstić information content (AvgIpc) is 2.41. The summed E-state index contributed by atoms with van der Waals surface area (Å²) in [7, 11) is 0. The molecule has 2 rings (SSSR count). The standard InChI is InChI=1S/C9H10BrN3S/c1-9(2,3)7-11-4-5-6(13-7)14-8(10)12-5/h4H,1-3H3. The minimum atomic E-state index is -0.00927. The Hall–Kier alpha value is -0.550. The molecule has 2 heterocycles. The van der Waals surface area contributed by atoms with Crippen LogP contribution in [-0.2, 0) is 5.41 Å². The summed E-state index contributed by atoms with van der Waals surface area (Å²) in [5.74, 6) is 0.862. The number of thiazole rings is 1. The molecule has 0 amide bonds. The molecule has 2 aromatic heterocycles. The normalized spacial score (nSPS) is 12.3. The fourth-order valence-electron chi connectivity index (χ4n) is 1.07. The minimum Gasteiger partial charge on any atom is -0.238 e. The molecule has 0 radical (unpaired) electrons. The third-order valence-electron chi connectivity index (χ3n) is 1.80.